The maximum absolute atomic E-state index is 12.0. The molecule has 1 saturated carbocycles. The fourth-order valence-electron chi connectivity index (χ4n) is 2.57. The maximum atomic E-state index is 12.0. The van der Waals surface area contributed by atoms with Crippen molar-refractivity contribution >= 4 is 23.4 Å². The highest BCUT2D eigenvalue weighted by Crippen LogP contribution is 2.38. The van der Waals surface area contributed by atoms with Crippen molar-refractivity contribution in [3.05, 3.63) is 24.3 Å². The van der Waals surface area contributed by atoms with E-state index >= 15 is 0 Å². The second-order valence-electron chi connectivity index (χ2n) is 5.36. The van der Waals surface area contributed by atoms with Crippen LogP contribution in [0.5, 0.6) is 0 Å². The molecule has 2 aliphatic rings. The quantitative estimate of drug-likeness (QED) is 0.888. The highest BCUT2D eigenvalue weighted by molar-refractivity contribution is 8.00. The first-order chi connectivity index (χ1) is 9.33. The van der Waals surface area contributed by atoms with Crippen molar-refractivity contribution in [2.24, 2.45) is 5.92 Å². The van der Waals surface area contributed by atoms with E-state index in [4.69, 9.17) is 0 Å². The van der Waals surface area contributed by atoms with Crippen molar-refractivity contribution in [2.75, 3.05) is 18.4 Å². The van der Waals surface area contributed by atoms with Gasteiger partial charge in [0.25, 0.3) is 0 Å². The van der Waals surface area contributed by atoms with Crippen molar-refractivity contribution in [1.82, 2.24) is 5.32 Å². The summed E-state index contributed by atoms with van der Waals surface area (Å²) in [5.41, 5.74) is 0.983. The van der Waals surface area contributed by atoms with Crippen LogP contribution in [-0.4, -0.2) is 24.2 Å². The molecule has 4 heteroatoms. The summed E-state index contributed by atoms with van der Waals surface area (Å²) in [7, 11) is 0. The molecule has 102 valence electrons. The van der Waals surface area contributed by atoms with Crippen molar-refractivity contribution in [1.29, 1.82) is 0 Å². The number of benzene rings is 1. The molecule has 3 rings (SSSR count). The number of carbonyl (C=O) groups is 1. The van der Waals surface area contributed by atoms with Crippen LogP contribution in [0.15, 0.2) is 29.2 Å². The first-order valence-electron chi connectivity index (χ1n) is 7.10. The smallest absolute Gasteiger partial charge is 0.230 e. The van der Waals surface area contributed by atoms with Gasteiger partial charge in [-0.05, 0) is 25.0 Å². The van der Waals surface area contributed by atoms with Gasteiger partial charge in [0.2, 0.25) is 5.91 Å². The van der Waals surface area contributed by atoms with Crippen LogP contribution in [0.25, 0.3) is 0 Å². The molecule has 1 amide bonds. The zero-order chi connectivity index (χ0) is 13.1. The number of rotatable bonds is 4. The minimum absolute atomic E-state index is 0.143. The molecule has 1 heterocycles. The fourth-order valence-corrected chi connectivity index (χ4v) is 3.90. The summed E-state index contributed by atoms with van der Waals surface area (Å²) >= 11 is 1.93. The second kappa shape index (κ2) is 5.97. The Morgan fingerprint density at radius 2 is 1.95 bits per heavy atom. The van der Waals surface area contributed by atoms with E-state index in [0.717, 1.165) is 24.0 Å². The Kier molecular flexibility index (Phi) is 4.09. The van der Waals surface area contributed by atoms with Gasteiger partial charge in [0.05, 0.1) is 11.6 Å². The topological polar surface area (TPSA) is 41.1 Å². The van der Waals surface area contributed by atoms with E-state index in [0.29, 0.717) is 0 Å². The Labute approximate surface area is 118 Å². The van der Waals surface area contributed by atoms with Gasteiger partial charge in [0.1, 0.15) is 0 Å². The number of nitrogens with one attached hydrogen (secondary N) is 2. The number of hydrogen-bond donors (Lipinski definition) is 2. The van der Waals surface area contributed by atoms with Crippen molar-refractivity contribution < 1.29 is 4.79 Å². The van der Waals surface area contributed by atoms with Crippen molar-refractivity contribution in [3.63, 3.8) is 0 Å². The molecule has 3 nitrogen and oxygen atoms in total. The van der Waals surface area contributed by atoms with Gasteiger partial charge >= 0.3 is 0 Å². The summed E-state index contributed by atoms with van der Waals surface area (Å²) in [6, 6.07) is 8.18. The summed E-state index contributed by atoms with van der Waals surface area (Å²) in [6.07, 6.45) is 5.30. The summed E-state index contributed by atoms with van der Waals surface area (Å²) in [5, 5.41) is 6.95. The molecule has 2 N–H and O–H groups in total. The van der Waals surface area contributed by atoms with Gasteiger partial charge in [-0.1, -0.05) is 25.0 Å². The van der Waals surface area contributed by atoms with Crippen LogP contribution in [0, 0.1) is 5.92 Å². The first-order valence-corrected chi connectivity index (χ1v) is 7.98. The molecule has 0 unspecified atom stereocenters. The summed E-state index contributed by atoms with van der Waals surface area (Å²) in [6.45, 7) is 1.62. The lowest BCUT2D eigenvalue weighted by Crippen LogP contribution is -2.48. The van der Waals surface area contributed by atoms with Gasteiger partial charge in [-0.3, -0.25) is 4.79 Å². The lowest BCUT2D eigenvalue weighted by atomic mass is 10.0. The number of para-hydroxylation sites is 1. The molecular weight excluding hydrogens is 256 g/mol. The lowest BCUT2D eigenvalue weighted by molar-refractivity contribution is -0.121. The third-order valence-corrected chi connectivity index (χ3v) is 5.31. The van der Waals surface area contributed by atoms with Crippen LogP contribution in [0.3, 0.4) is 0 Å². The van der Waals surface area contributed by atoms with Crippen molar-refractivity contribution in [2.45, 2.75) is 35.8 Å². The number of hydrogen-bond acceptors (Lipinski definition) is 3. The summed E-state index contributed by atoms with van der Waals surface area (Å²) in [5.74, 6) is 0.294. The van der Waals surface area contributed by atoms with E-state index in [-0.39, 0.29) is 11.8 Å². The molecule has 19 heavy (non-hydrogen) atoms. The predicted molar refractivity (Wildman–Crippen MR) is 79.5 cm³/mol. The SMILES string of the molecule is O=C(Nc1ccccc1SC1CCCC1)C1CNC1. The Bertz CT molecular complexity index is 453. The Morgan fingerprint density at radius 1 is 1.21 bits per heavy atom. The van der Waals surface area contributed by atoms with E-state index in [1.54, 1.807) is 0 Å². The highest BCUT2D eigenvalue weighted by Gasteiger charge is 2.25. The van der Waals surface area contributed by atoms with Crippen LogP contribution in [-0.2, 0) is 4.79 Å². The Balaban J connectivity index is 1.67. The van der Waals surface area contributed by atoms with Gasteiger partial charge in [-0.2, -0.15) is 0 Å². The van der Waals surface area contributed by atoms with E-state index in [1.807, 2.05) is 23.9 Å². The summed E-state index contributed by atoms with van der Waals surface area (Å²) < 4.78 is 0. The zero-order valence-corrected chi connectivity index (χ0v) is 11.8. The molecule has 1 aliphatic heterocycles. The van der Waals surface area contributed by atoms with E-state index < -0.39 is 0 Å². The number of carbonyl (C=O) groups excluding carboxylic acids is 1. The zero-order valence-electron chi connectivity index (χ0n) is 11.0. The maximum Gasteiger partial charge on any atom is 0.230 e. The molecule has 0 atom stereocenters. The number of amides is 1. The molecule has 0 spiro atoms. The summed E-state index contributed by atoms with van der Waals surface area (Å²) in [4.78, 5) is 13.2. The van der Waals surface area contributed by atoms with Crippen LogP contribution in [0.2, 0.25) is 0 Å². The predicted octanol–water partition coefficient (Wildman–Crippen LogP) is 2.88. The minimum Gasteiger partial charge on any atom is -0.325 e. The van der Waals surface area contributed by atoms with Gasteiger partial charge in [-0.25, -0.2) is 0 Å². The number of thioether (sulfide) groups is 1. The molecule has 1 aliphatic carbocycles. The minimum atomic E-state index is 0.143. The second-order valence-corrected chi connectivity index (χ2v) is 6.71. The molecule has 0 radical (unpaired) electrons. The molecule has 0 bridgehead atoms. The Hall–Kier alpha value is -1.00. The van der Waals surface area contributed by atoms with Crippen molar-refractivity contribution in [3.8, 4) is 0 Å². The van der Waals surface area contributed by atoms with Gasteiger partial charge < -0.3 is 10.6 Å². The molecule has 1 aromatic carbocycles. The molecule has 0 aromatic heterocycles. The fraction of sp³-hybridized carbons (Fsp3) is 0.533. The van der Waals surface area contributed by atoms with E-state index in [2.05, 4.69) is 22.8 Å². The van der Waals surface area contributed by atoms with Crippen LogP contribution < -0.4 is 10.6 Å². The largest absolute Gasteiger partial charge is 0.325 e. The van der Waals surface area contributed by atoms with Gasteiger partial charge in [0, 0.05) is 23.2 Å². The molecule has 1 saturated heterocycles. The van der Waals surface area contributed by atoms with Gasteiger partial charge in [0.15, 0.2) is 0 Å². The average Bonchev–Trinajstić information content (AvgIpc) is 2.82. The molecule has 1 aromatic rings. The average molecular weight is 276 g/mol. The van der Waals surface area contributed by atoms with E-state index in [1.165, 1.54) is 30.6 Å². The lowest BCUT2D eigenvalue weighted by Gasteiger charge is -2.26. The van der Waals surface area contributed by atoms with Crippen LogP contribution in [0.1, 0.15) is 25.7 Å². The third-order valence-electron chi connectivity index (χ3n) is 3.89. The monoisotopic (exact) mass is 276 g/mol. The standard InChI is InChI=1S/C15H20N2OS/c18-15(11-9-16-10-11)17-13-7-3-4-8-14(13)19-12-5-1-2-6-12/h3-4,7-8,11-12,16H,1-2,5-6,9-10H2,(H,17,18). The number of anilines is 1. The van der Waals surface area contributed by atoms with E-state index in [9.17, 15) is 4.79 Å². The third kappa shape index (κ3) is 3.12. The molecule has 2 fully saturated rings. The van der Waals surface area contributed by atoms with Crippen LogP contribution >= 0.6 is 11.8 Å². The Morgan fingerprint density at radius 3 is 2.63 bits per heavy atom. The first kappa shape index (κ1) is 13.0. The highest BCUT2D eigenvalue weighted by atomic mass is 32.2. The van der Waals surface area contributed by atoms with Crippen LogP contribution in [0.4, 0.5) is 5.69 Å². The normalized spacial score (nSPS) is 20.2. The van der Waals surface area contributed by atoms with Gasteiger partial charge in [-0.15, -0.1) is 11.8 Å². The molecular formula is C15H20N2OS.